The Balaban J connectivity index is 0.000001000. The number of allylic oxidation sites excluding steroid dienone is 2. The molecule has 0 fully saturated rings. The third kappa shape index (κ3) is 2.79. The summed E-state index contributed by atoms with van der Waals surface area (Å²) in [7, 11) is 0. The van der Waals surface area contributed by atoms with Gasteiger partial charge in [0.1, 0.15) is 0 Å². The number of halogens is 1. The summed E-state index contributed by atoms with van der Waals surface area (Å²) in [5.41, 5.74) is 5.66. The highest BCUT2D eigenvalue weighted by atomic mass is 79.9. The molecule has 2 nitrogen and oxygen atoms in total. The Labute approximate surface area is 77.5 Å². The Morgan fingerprint density at radius 3 is 2.82 bits per heavy atom. The molecule has 60 valence electrons. The lowest BCUT2D eigenvalue weighted by Crippen LogP contribution is -2.37. The van der Waals surface area contributed by atoms with Gasteiger partial charge in [-0.1, -0.05) is 12.0 Å². The van der Waals surface area contributed by atoms with Crippen LogP contribution >= 0.6 is 17.0 Å². The quantitative estimate of drug-likeness (QED) is 0.657. The van der Waals surface area contributed by atoms with Crippen molar-refractivity contribution in [1.82, 2.24) is 4.90 Å². The molecular weight excluding hydrogens is 204 g/mol. The Hall–Kier alpha value is -0.720. The summed E-state index contributed by atoms with van der Waals surface area (Å²) in [4.78, 5) is 1.89. The first-order valence-corrected chi connectivity index (χ1v) is 3.14. The van der Waals surface area contributed by atoms with Gasteiger partial charge in [-0.15, -0.1) is 23.4 Å². The minimum Gasteiger partial charge on any atom is -0.348 e. The largest absolute Gasteiger partial charge is 0.348 e. The van der Waals surface area contributed by atoms with E-state index >= 15 is 0 Å². The molecule has 11 heavy (non-hydrogen) atoms. The van der Waals surface area contributed by atoms with Gasteiger partial charge in [0.2, 0.25) is 0 Å². The molecule has 0 aromatic carbocycles. The second kappa shape index (κ2) is 5.00. The molecule has 0 amide bonds. The maximum absolute atomic E-state index is 5.66. The van der Waals surface area contributed by atoms with E-state index in [9.17, 15) is 0 Å². The molecule has 1 aliphatic rings. The first-order chi connectivity index (χ1) is 4.84. The van der Waals surface area contributed by atoms with Gasteiger partial charge in [-0.05, 0) is 12.2 Å². The molecule has 0 aliphatic carbocycles. The molecular formula is C8H11BrN2. The highest BCUT2D eigenvalue weighted by Crippen LogP contribution is 2.01. The second-order valence-corrected chi connectivity index (χ2v) is 2.09. The predicted molar refractivity (Wildman–Crippen MR) is 52.1 cm³/mol. The van der Waals surface area contributed by atoms with Crippen LogP contribution in [0.4, 0.5) is 0 Å². The van der Waals surface area contributed by atoms with Crippen LogP contribution in [-0.2, 0) is 0 Å². The van der Waals surface area contributed by atoms with Gasteiger partial charge in [0.25, 0.3) is 0 Å². The molecule has 0 radical (unpaired) electrons. The van der Waals surface area contributed by atoms with Gasteiger partial charge in [0.15, 0.2) is 0 Å². The SMILES string of the molecule is Br.C#CCN1C=CC=CC1N. The van der Waals surface area contributed by atoms with E-state index in [0.717, 1.165) is 0 Å². The van der Waals surface area contributed by atoms with Crippen molar-refractivity contribution < 1.29 is 0 Å². The molecule has 1 heterocycles. The van der Waals surface area contributed by atoms with Crippen LogP contribution in [0.25, 0.3) is 0 Å². The molecule has 0 spiro atoms. The van der Waals surface area contributed by atoms with E-state index in [1.807, 2.05) is 29.3 Å². The molecule has 0 saturated heterocycles. The Bertz CT molecular complexity index is 203. The Kier molecular flexibility index (Phi) is 4.67. The van der Waals surface area contributed by atoms with E-state index in [1.54, 1.807) is 0 Å². The lowest BCUT2D eigenvalue weighted by molar-refractivity contribution is 0.359. The van der Waals surface area contributed by atoms with Crippen molar-refractivity contribution in [2.75, 3.05) is 6.54 Å². The highest BCUT2D eigenvalue weighted by molar-refractivity contribution is 8.93. The van der Waals surface area contributed by atoms with Crippen LogP contribution in [0.2, 0.25) is 0 Å². The Morgan fingerprint density at radius 1 is 1.55 bits per heavy atom. The topological polar surface area (TPSA) is 29.3 Å². The monoisotopic (exact) mass is 214 g/mol. The zero-order chi connectivity index (χ0) is 7.40. The number of rotatable bonds is 1. The molecule has 0 saturated carbocycles. The fraction of sp³-hybridized carbons (Fsp3) is 0.250. The van der Waals surface area contributed by atoms with E-state index in [4.69, 9.17) is 12.2 Å². The summed E-state index contributed by atoms with van der Waals surface area (Å²) in [6.45, 7) is 0.571. The van der Waals surface area contributed by atoms with Gasteiger partial charge in [0.05, 0.1) is 12.7 Å². The van der Waals surface area contributed by atoms with E-state index < -0.39 is 0 Å². The minimum atomic E-state index is -0.0546. The van der Waals surface area contributed by atoms with Gasteiger partial charge in [0, 0.05) is 6.20 Å². The van der Waals surface area contributed by atoms with Crippen LogP contribution in [-0.4, -0.2) is 17.6 Å². The normalized spacial score (nSPS) is 20.7. The molecule has 1 unspecified atom stereocenters. The van der Waals surface area contributed by atoms with E-state index in [-0.39, 0.29) is 23.1 Å². The van der Waals surface area contributed by atoms with E-state index in [1.165, 1.54) is 0 Å². The fourth-order valence-electron chi connectivity index (χ4n) is 0.812. The first-order valence-electron chi connectivity index (χ1n) is 3.14. The number of nitrogens with zero attached hydrogens (tertiary/aromatic N) is 1. The third-order valence-corrected chi connectivity index (χ3v) is 1.35. The lowest BCUT2D eigenvalue weighted by Gasteiger charge is -2.24. The van der Waals surface area contributed by atoms with E-state index in [0.29, 0.717) is 6.54 Å². The maximum atomic E-state index is 5.66. The molecule has 1 aliphatic heterocycles. The molecule has 0 bridgehead atoms. The van der Waals surface area contributed by atoms with Crippen LogP contribution in [0.5, 0.6) is 0 Å². The molecule has 1 atom stereocenters. The summed E-state index contributed by atoms with van der Waals surface area (Å²) < 4.78 is 0. The van der Waals surface area contributed by atoms with Crippen LogP contribution in [0.1, 0.15) is 0 Å². The zero-order valence-corrected chi connectivity index (χ0v) is 7.82. The van der Waals surface area contributed by atoms with E-state index in [2.05, 4.69) is 5.92 Å². The molecule has 2 N–H and O–H groups in total. The third-order valence-electron chi connectivity index (χ3n) is 1.35. The summed E-state index contributed by atoms with van der Waals surface area (Å²) in [5.74, 6) is 2.53. The summed E-state index contributed by atoms with van der Waals surface area (Å²) in [6.07, 6.45) is 12.7. The minimum absolute atomic E-state index is 0. The average Bonchev–Trinajstić information content (AvgIpc) is 1.94. The van der Waals surface area contributed by atoms with Crippen molar-refractivity contribution in [3.63, 3.8) is 0 Å². The molecule has 0 aromatic heterocycles. The van der Waals surface area contributed by atoms with Crippen molar-refractivity contribution in [2.24, 2.45) is 5.73 Å². The molecule has 0 aromatic rings. The van der Waals surface area contributed by atoms with Crippen molar-refractivity contribution >= 4 is 17.0 Å². The van der Waals surface area contributed by atoms with Crippen molar-refractivity contribution in [1.29, 1.82) is 0 Å². The summed E-state index contributed by atoms with van der Waals surface area (Å²) in [5, 5.41) is 0. The van der Waals surface area contributed by atoms with Crippen molar-refractivity contribution in [3.8, 4) is 12.3 Å². The number of nitrogens with two attached hydrogens (primary N) is 1. The zero-order valence-electron chi connectivity index (χ0n) is 6.10. The van der Waals surface area contributed by atoms with Gasteiger partial charge in [-0.25, -0.2) is 0 Å². The van der Waals surface area contributed by atoms with Crippen LogP contribution < -0.4 is 5.73 Å². The van der Waals surface area contributed by atoms with Crippen LogP contribution in [0.15, 0.2) is 24.4 Å². The number of hydrogen-bond donors (Lipinski definition) is 1. The molecule has 1 rings (SSSR count). The smallest absolute Gasteiger partial charge is 0.0968 e. The predicted octanol–water partition coefficient (Wildman–Crippen LogP) is 0.868. The van der Waals surface area contributed by atoms with Gasteiger partial charge < -0.3 is 10.6 Å². The highest BCUT2D eigenvalue weighted by Gasteiger charge is 2.05. The standard InChI is InChI=1S/C8H10N2.BrH/c1-2-6-10-7-4-3-5-8(10)9;/h1,3-5,7-8H,6,9H2;1H. The van der Waals surface area contributed by atoms with Crippen LogP contribution in [0, 0.1) is 12.3 Å². The van der Waals surface area contributed by atoms with Gasteiger partial charge in [-0.3, -0.25) is 0 Å². The average molecular weight is 215 g/mol. The van der Waals surface area contributed by atoms with Crippen molar-refractivity contribution in [3.05, 3.63) is 24.4 Å². The summed E-state index contributed by atoms with van der Waals surface area (Å²) >= 11 is 0. The fourth-order valence-corrected chi connectivity index (χ4v) is 0.812. The number of terminal acetylenes is 1. The summed E-state index contributed by atoms with van der Waals surface area (Å²) in [6, 6.07) is 0. The van der Waals surface area contributed by atoms with Crippen LogP contribution in [0.3, 0.4) is 0 Å². The van der Waals surface area contributed by atoms with Crippen molar-refractivity contribution in [2.45, 2.75) is 6.17 Å². The van der Waals surface area contributed by atoms with Gasteiger partial charge >= 0.3 is 0 Å². The second-order valence-electron chi connectivity index (χ2n) is 2.09. The molecule has 3 heteroatoms. The number of hydrogen-bond acceptors (Lipinski definition) is 2. The first kappa shape index (κ1) is 10.3. The Morgan fingerprint density at radius 2 is 2.27 bits per heavy atom. The lowest BCUT2D eigenvalue weighted by atomic mass is 10.3. The van der Waals surface area contributed by atoms with Gasteiger partial charge in [-0.2, -0.15) is 0 Å². The maximum Gasteiger partial charge on any atom is 0.0968 e.